The minimum absolute atomic E-state index is 0.372. The van der Waals surface area contributed by atoms with E-state index in [4.69, 9.17) is 5.73 Å². The maximum atomic E-state index is 12.4. The van der Waals surface area contributed by atoms with Crippen molar-refractivity contribution in [2.24, 2.45) is 5.73 Å². The maximum Gasteiger partial charge on any atom is 0.416 e. The molecule has 1 atom stereocenters. The van der Waals surface area contributed by atoms with Gasteiger partial charge in [0.25, 0.3) is 0 Å². The molecular formula is C12H10F3NS. The van der Waals surface area contributed by atoms with Crippen molar-refractivity contribution in [2.45, 2.75) is 12.2 Å². The van der Waals surface area contributed by atoms with Gasteiger partial charge in [0.05, 0.1) is 11.6 Å². The van der Waals surface area contributed by atoms with Gasteiger partial charge in [-0.15, -0.1) is 0 Å². The molecule has 0 saturated heterocycles. The van der Waals surface area contributed by atoms with Crippen LogP contribution < -0.4 is 5.73 Å². The van der Waals surface area contributed by atoms with Gasteiger partial charge in [0.2, 0.25) is 0 Å². The van der Waals surface area contributed by atoms with Crippen LogP contribution in [-0.4, -0.2) is 0 Å². The molecule has 90 valence electrons. The van der Waals surface area contributed by atoms with Crippen LogP contribution in [0.15, 0.2) is 41.1 Å². The van der Waals surface area contributed by atoms with Crippen molar-refractivity contribution >= 4 is 11.3 Å². The molecule has 17 heavy (non-hydrogen) atoms. The zero-order valence-electron chi connectivity index (χ0n) is 8.74. The van der Waals surface area contributed by atoms with Gasteiger partial charge in [-0.2, -0.15) is 24.5 Å². The first kappa shape index (κ1) is 12.1. The summed E-state index contributed by atoms with van der Waals surface area (Å²) < 4.78 is 37.1. The number of hydrogen-bond donors (Lipinski definition) is 1. The van der Waals surface area contributed by atoms with Crippen LogP contribution in [-0.2, 0) is 6.18 Å². The smallest absolute Gasteiger partial charge is 0.320 e. The standard InChI is InChI=1S/C12H10F3NS/c13-12(14,15)10-3-1-8(2-4-10)11(16)9-5-6-17-7-9/h1-7,11H,16H2/t11-/m0/s1. The van der Waals surface area contributed by atoms with E-state index in [1.54, 1.807) is 0 Å². The molecule has 1 aromatic carbocycles. The Kier molecular flexibility index (Phi) is 3.22. The monoisotopic (exact) mass is 257 g/mol. The zero-order valence-corrected chi connectivity index (χ0v) is 9.55. The molecule has 0 radical (unpaired) electrons. The van der Waals surface area contributed by atoms with Crippen LogP contribution in [0.4, 0.5) is 13.2 Å². The summed E-state index contributed by atoms with van der Waals surface area (Å²) in [6.45, 7) is 0. The van der Waals surface area contributed by atoms with E-state index in [1.807, 2.05) is 16.8 Å². The first-order valence-corrected chi connectivity index (χ1v) is 5.87. The molecule has 0 amide bonds. The largest absolute Gasteiger partial charge is 0.416 e. The third-order valence-electron chi connectivity index (χ3n) is 2.50. The molecule has 1 nitrogen and oxygen atoms in total. The molecule has 0 bridgehead atoms. The molecule has 2 N–H and O–H groups in total. The van der Waals surface area contributed by atoms with E-state index in [9.17, 15) is 13.2 Å². The van der Waals surface area contributed by atoms with E-state index in [0.717, 1.165) is 17.7 Å². The molecule has 5 heteroatoms. The Morgan fingerprint density at radius 2 is 1.65 bits per heavy atom. The Bertz CT molecular complexity index is 473. The number of benzene rings is 1. The van der Waals surface area contributed by atoms with Gasteiger partial charge in [-0.1, -0.05) is 12.1 Å². The normalized spacial score (nSPS) is 13.6. The summed E-state index contributed by atoms with van der Waals surface area (Å²) in [5.41, 5.74) is 6.88. The molecular weight excluding hydrogens is 247 g/mol. The molecule has 0 saturated carbocycles. The summed E-state index contributed by atoms with van der Waals surface area (Å²) in [6, 6.07) is 6.45. The lowest BCUT2D eigenvalue weighted by molar-refractivity contribution is -0.137. The number of nitrogens with two attached hydrogens (primary N) is 1. The first-order valence-electron chi connectivity index (χ1n) is 4.93. The van der Waals surface area contributed by atoms with Gasteiger partial charge in [-0.25, -0.2) is 0 Å². The van der Waals surface area contributed by atoms with E-state index in [0.29, 0.717) is 5.56 Å². The Hall–Kier alpha value is -1.33. The second-order valence-corrected chi connectivity index (χ2v) is 4.43. The molecule has 1 heterocycles. The molecule has 2 aromatic rings. The van der Waals surface area contributed by atoms with Gasteiger partial charge >= 0.3 is 6.18 Å². The van der Waals surface area contributed by atoms with E-state index < -0.39 is 11.7 Å². The van der Waals surface area contributed by atoms with E-state index >= 15 is 0 Å². The average molecular weight is 257 g/mol. The quantitative estimate of drug-likeness (QED) is 0.869. The highest BCUT2D eigenvalue weighted by Gasteiger charge is 2.30. The molecule has 0 aliphatic heterocycles. The number of alkyl halides is 3. The molecule has 0 unspecified atom stereocenters. The Labute approximate surface area is 101 Å². The molecule has 0 aliphatic rings. The van der Waals surface area contributed by atoms with Crippen LogP contribution in [0.1, 0.15) is 22.7 Å². The van der Waals surface area contributed by atoms with Crippen LogP contribution >= 0.6 is 11.3 Å². The van der Waals surface area contributed by atoms with Crippen molar-refractivity contribution in [3.63, 3.8) is 0 Å². The van der Waals surface area contributed by atoms with Crippen LogP contribution in [0, 0.1) is 0 Å². The number of thiophene rings is 1. The molecule has 0 aliphatic carbocycles. The van der Waals surface area contributed by atoms with Gasteiger partial charge in [0.1, 0.15) is 0 Å². The lowest BCUT2D eigenvalue weighted by Gasteiger charge is -2.12. The number of hydrogen-bond acceptors (Lipinski definition) is 2. The van der Waals surface area contributed by atoms with E-state index in [1.165, 1.54) is 23.5 Å². The second-order valence-electron chi connectivity index (χ2n) is 3.65. The van der Waals surface area contributed by atoms with Crippen LogP contribution in [0.25, 0.3) is 0 Å². The summed E-state index contributed by atoms with van der Waals surface area (Å²) >= 11 is 1.51. The molecule has 0 fully saturated rings. The summed E-state index contributed by atoms with van der Waals surface area (Å²) in [7, 11) is 0. The summed E-state index contributed by atoms with van der Waals surface area (Å²) in [4.78, 5) is 0. The third kappa shape index (κ3) is 2.68. The van der Waals surface area contributed by atoms with Crippen LogP contribution in [0.5, 0.6) is 0 Å². The second kappa shape index (κ2) is 4.50. The Morgan fingerprint density at radius 1 is 1.00 bits per heavy atom. The lowest BCUT2D eigenvalue weighted by atomic mass is 10.0. The van der Waals surface area contributed by atoms with Crippen molar-refractivity contribution in [3.05, 3.63) is 57.8 Å². The van der Waals surface area contributed by atoms with Crippen molar-refractivity contribution in [2.75, 3.05) is 0 Å². The van der Waals surface area contributed by atoms with Crippen LogP contribution in [0.3, 0.4) is 0 Å². The lowest BCUT2D eigenvalue weighted by Crippen LogP contribution is -2.11. The highest BCUT2D eigenvalue weighted by Crippen LogP contribution is 2.30. The topological polar surface area (TPSA) is 26.0 Å². The zero-order chi connectivity index (χ0) is 12.5. The minimum Gasteiger partial charge on any atom is -0.320 e. The van der Waals surface area contributed by atoms with Gasteiger partial charge in [0, 0.05) is 0 Å². The fraction of sp³-hybridized carbons (Fsp3) is 0.167. The molecule has 1 aromatic heterocycles. The van der Waals surface area contributed by atoms with Gasteiger partial charge in [-0.05, 0) is 40.1 Å². The third-order valence-corrected chi connectivity index (χ3v) is 3.20. The Balaban J connectivity index is 2.24. The van der Waals surface area contributed by atoms with Crippen LogP contribution in [0.2, 0.25) is 0 Å². The van der Waals surface area contributed by atoms with Gasteiger partial charge in [0.15, 0.2) is 0 Å². The van der Waals surface area contributed by atoms with Crippen molar-refractivity contribution < 1.29 is 13.2 Å². The SMILES string of the molecule is N[C@@H](c1ccc(C(F)(F)F)cc1)c1ccsc1. The summed E-state index contributed by atoms with van der Waals surface area (Å²) in [5.74, 6) is 0. The molecule has 2 rings (SSSR count). The van der Waals surface area contributed by atoms with Crippen molar-refractivity contribution in [1.82, 2.24) is 0 Å². The summed E-state index contributed by atoms with van der Waals surface area (Å²) in [5, 5.41) is 3.78. The average Bonchev–Trinajstić information content (AvgIpc) is 2.80. The maximum absolute atomic E-state index is 12.4. The van der Waals surface area contributed by atoms with Crippen molar-refractivity contribution in [3.8, 4) is 0 Å². The van der Waals surface area contributed by atoms with Gasteiger partial charge in [-0.3, -0.25) is 0 Å². The fourth-order valence-electron chi connectivity index (χ4n) is 1.52. The summed E-state index contributed by atoms with van der Waals surface area (Å²) in [6.07, 6.45) is -4.30. The predicted octanol–water partition coefficient (Wildman–Crippen LogP) is 3.82. The number of halogens is 3. The van der Waals surface area contributed by atoms with Crippen molar-refractivity contribution in [1.29, 1.82) is 0 Å². The fourth-order valence-corrected chi connectivity index (χ4v) is 2.22. The van der Waals surface area contributed by atoms with Gasteiger partial charge < -0.3 is 5.73 Å². The molecule has 0 spiro atoms. The highest BCUT2D eigenvalue weighted by molar-refractivity contribution is 7.08. The van der Waals surface area contributed by atoms with E-state index in [-0.39, 0.29) is 6.04 Å². The first-order chi connectivity index (χ1) is 7.98. The van der Waals surface area contributed by atoms with E-state index in [2.05, 4.69) is 0 Å². The minimum atomic E-state index is -4.30. The predicted molar refractivity (Wildman–Crippen MR) is 61.8 cm³/mol. The highest BCUT2D eigenvalue weighted by atomic mass is 32.1. The Morgan fingerprint density at radius 3 is 2.12 bits per heavy atom. The number of rotatable bonds is 2.